The lowest BCUT2D eigenvalue weighted by molar-refractivity contribution is 0.0997. The van der Waals surface area contributed by atoms with Gasteiger partial charge in [0, 0.05) is 25.2 Å². The van der Waals surface area contributed by atoms with E-state index in [0.717, 1.165) is 5.56 Å². The predicted octanol–water partition coefficient (Wildman–Crippen LogP) is -0.428. The Morgan fingerprint density at radius 3 is 2.29 bits per heavy atom. The molecule has 5 nitrogen and oxygen atoms in total. The molecular weight excluding hydrogens is 220 g/mol. The van der Waals surface area contributed by atoms with E-state index in [-0.39, 0.29) is 13.2 Å². The second-order valence-corrected chi connectivity index (χ2v) is 3.74. The number of rotatable bonds is 7. The lowest BCUT2D eigenvalue weighted by Gasteiger charge is -2.21. The predicted molar refractivity (Wildman–Crippen MR) is 64.4 cm³/mol. The average Bonchev–Trinajstić information content (AvgIpc) is 2.30. The molecule has 0 radical (unpaired) electrons. The zero-order valence-corrected chi connectivity index (χ0v) is 9.67. The van der Waals surface area contributed by atoms with Gasteiger partial charge in [0.25, 0.3) is 0 Å². The van der Waals surface area contributed by atoms with Crippen LogP contribution in [0.4, 0.5) is 0 Å². The van der Waals surface area contributed by atoms with Crippen LogP contribution in [0.1, 0.15) is 15.9 Å². The van der Waals surface area contributed by atoms with Crippen LogP contribution in [0, 0.1) is 0 Å². The van der Waals surface area contributed by atoms with Gasteiger partial charge in [0.1, 0.15) is 0 Å². The van der Waals surface area contributed by atoms with E-state index in [4.69, 9.17) is 15.9 Å². The summed E-state index contributed by atoms with van der Waals surface area (Å²) >= 11 is 0. The first kappa shape index (κ1) is 13.6. The summed E-state index contributed by atoms with van der Waals surface area (Å²) in [5, 5.41) is 17.8. The maximum absolute atomic E-state index is 11.2. The zero-order valence-electron chi connectivity index (χ0n) is 9.67. The Kier molecular flexibility index (Phi) is 5.62. The molecule has 0 bridgehead atoms. The quantitative estimate of drug-likeness (QED) is 0.601. The highest BCUT2D eigenvalue weighted by atomic mass is 16.3. The van der Waals surface area contributed by atoms with Gasteiger partial charge in [-0.1, -0.05) is 18.2 Å². The fourth-order valence-electron chi connectivity index (χ4n) is 1.69. The topological polar surface area (TPSA) is 86.8 Å². The number of carbonyl (C=O) groups excluding carboxylic acids is 1. The van der Waals surface area contributed by atoms with Gasteiger partial charge in [0.2, 0.25) is 5.91 Å². The van der Waals surface area contributed by atoms with Crippen molar-refractivity contribution in [3.63, 3.8) is 0 Å². The van der Waals surface area contributed by atoms with Crippen molar-refractivity contribution in [1.29, 1.82) is 0 Å². The number of nitrogens with zero attached hydrogens (tertiary/aromatic N) is 1. The Bertz CT molecular complexity index is 363. The summed E-state index contributed by atoms with van der Waals surface area (Å²) in [5.74, 6) is -0.464. The molecule has 94 valence electrons. The molecule has 0 spiro atoms. The molecule has 0 fully saturated rings. The number of hydrogen-bond donors (Lipinski definition) is 3. The molecule has 5 heteroatoms. The van der Waals surface area contributed by atoms with E-state index in [0.29, 0.717) is 25.2 Å². The van der Waals surface area contributed by atoms with Crippen LogP contribution in [0.5, 0.6) is 0 Å². The molecule has 4 N–H and O–H groups in total. The van der Waals surface area contributed by atoms with E-state index in [1.165, 1.54) is 0 Å². The maximum Gasteiger partial charge on any atom is 0.249 e. The van der Waals surface area contributed by atoms with Crippen molar-refractivity contribution < 1.29 is 15.0 Å². The van der Waals surface area contributed by atoms with Crippen LogP contribution in [0.15, 0.2) is 24.3 Å². The second kappa shape index (κ2) is 7.01. The molecule has 0 saturated carbocycles. The van der Waals surface area contributed by atoms with E-state index in [9.17, 15) is 4.79 Å². The van der Waals surface area contributed by atoms with Crippen LogP contribution in [0.3, 0.4) is 0 Å². The summed E-state index contributed by atoms with van der Waals surface area (Å²) < 4.78 is 0. The second-order valence-electron chi connectivity index (χ2n) is 3.74. The van der Waals surface area contributed by atoms with Crippen molar-refractivity contribution in [3.05, 3.63) is 35.4 Å². The van der Waals surface area contributed by atoms with Crippen LogP contribution in [-0.2, 0) is 6.54 Å². The first-order chi connectivity index (χ1) is 8.19. The largest absolute Gasteiger partial charge is 0.395 e. The molecule has 17 heavy (non-hydrogen) atoms. The van der Waals surface area contributed by atoms with Gasteiger partial charge < -0.3 is 15.9 Å². The highest BCUT2D eigenvalue weighted by Gasteiger charge is 2.11. The van der Waals surface area contributed by atoms with Crippen molar-refractivity contribution in [2.75, 3.05) is 26.3 Å². The number of amides is 1. The molecule has 0 aromatic heterocycles. The van der Waals surface area contributed by atoms with E-state index >= 15 is 0 Å². The fraction of sp³-hybridized carbons (Fsp3) is 0.417. The van der Waals surface area contributed by atoms with Gasteiger partial charge >= 0.3 is 0 Å². The molecule has 1 aromatic rings. The minimum atomic E-state index is -0.464. The summed E-state index contributed by atoms with van der Waals surface area (Å²) in [5.41, 5.74) is 6.57. The number of benzene rings is 1. The van der Waals surface area contributed by atoms with Gasteiger partial charge in [0.05, 0.1) is 13.2 Å². The van der Waals surface area contributed by atoms with Gasteiger partial charge in [-0.15, -0.1) is 0 Å². The van der Waals surface area contributed by atoms with Crippen LogP contribution in [0.2, 0.25) is 0 Å². The summed E-state index contributed by atoms with van der Waals surface area (Å²) in [4.78, 5) is 13.1. The van der Waals surface area contributed by atoms with E-state index < -0.39 is 5.91 Å². The minimum Gasteiger partial charge on any atom is -0.395 e. The average molecular weight is 238 g/mol. The first-order valence-corrected chi connectivity index (χ1v) is 5.50. The third-order valence-corrected chi connectivity index (χ3v) is 2.51. The van der Waals surface area contributed by atoms with Crippen molar-refractivity contribution in [2.24, 2.45) is 5.73 Å². The normalized spacial score (nSPS) is 10.8. The van der Waals surface area contributed by atoms with Gasteiger partial charge in [-0.25, -0.2) is 0 Å². The Balaban J connectivity index is 2.80. The fourth-order valence-corrected chi connectivity index (χ4v) is 1.69. The standard InChI is InChI=1S/C12H18N2O3/c13-12(17)11-4-2-1-3-10(11)9-14(5-7-15)6-8-16/h1-4,15-16H,5-9H2,(H2,13,17). The lowest BCUT2D eigenvalue weighted by atomic mass is 10.1. The molecular formula is C12H18N2O3. The van der Waals surface area contributed by atoms with E-state index in [1.54, 1.807) is 12.1 Å². The summed E-state index contributed by atoms with van der Waals surface area (Å²) in [7, 11) is 0. The van der Waals surface area contributed by atoms with E-state index in [2.05, 4.69) is 0 Å². The molecule has 0 atom stereocenters. The summed E-state index contributed by atoms with van der Waals surface area (Å²) in [6, 6.07) is 7.08. The summed E-state index contributed by atoms with van der Waals surface area (Å²) in [6.07, 6.45) is 0. The summed E-state index contributed by atoms with van der Waals surface area (Å²) in [6.45, 7) is 1.42. The highest BCUT2D eigenvalue weighted by molar-refractivity contribution is 5.94. The van der Waals surface area contributed by atoms with E-state index in [1.807, 2.05) is 17.0 Å². The third kappa shape index (κ3) is 4.14. The zero-order chi connectivity index (χ0) is 12.7. The molecule has 1 rings (SSSR count). The SMILES string of the molecule is NC(=O)c1ccccc1CN(CCO)CCO. The third-order valence-electron chi connectivity index (χ3n) is 2.51. The van der Waals surface area contributed by atoms with Crippen LogP contribution >= 0.6 is 0 Å². The minimum absolute atomic E-state index is 0.0126. The van der Waals surface area contributed by atoms with Crippen LogP contribution in [0.25, 0.3) is 0 Å². The molecule has 0 aliphatic carbocycles. The molecule has 1 aromatic carbocycles. The molecule has 1 amide bonds. The molecule has 0 heterocycles. The Morgan fingerprint density at radius 1 is 1.18 bits per heavy atom. The van der Waals surface area contributed by atoms with Crippen molar-refractivity contribution >= 4 is 5.91 Å². The smallest absolute Gasteiger partial charge is 0.249 e. The Morgan fingerprint density at radius 2 is 1.76 bits per heavy atom. The molecule has 0 aliphatic rings. The first-order valence-electron chi connectivity index (χ1n) is 5.50. The highest BCUT2D eigenvalue weighted by Crippen LogP contribution is 2.10. The number of aliphatic hydroxyl groups excluding tert-OH is 2. The lowest BCUT2D eigenvalue weighted by Crippen LogP contribution is -2.30. The van der Waals surface area contributed by atoms with Gasteiger partial charge in [-0.3, -0.25) is 9.69 Å². The molecule has 0 saturated heterocycles. The van der Waals surface area contributed by atoms with Crippen molar-refractivity contribution in [2.45, 2.75) is 6.54 Å². The number of nitrogens with two attached hydrogens (primary N) is 1. The number of primary amides is 1. The van der Waals surface area contributed by atoms with Gasteiger partial charge in [0.15, 0.2) is 0 Å². The number of aliphatic hydroxyl groups is 2. The van der Waals surface area contributed by atoms with Crippen LogP contribution < -0.4 is 5.73 Å². The number of carbonyl (C=O) groups is 1. The molecule has 0 unspecified atom stereocenters. The van der Waals surface area contributed by atoms with Crippen molar-refractivity contribution in [3.8, 4) is 0 Å². The van der Waals surface area contributed by atoms with Crippen molar-refractivity contribution in [1.82, 2.24) is 4.90 Å². The molecule has 0 aliphatic heterocycles. The Labute approximate surface area is 100 Å². The monoisotopic (exact) mass is 238 g/mol. The van der Waals surface area contributed by atoms with Gasteiger partial charge in [-0.2, -0.15) is 0 Å². The maximum atomic E-state index is 11.2. The van der Waals surface area contributed by atoms with Gasteiger partial charge in [-0.05, 0) is 11.6 Å². The number of hydrogen-bond acceptors (Lipinski definition) is 4. The van der Waals surface area contributed by atoms with Crippen LogP contribution in [-0.4, -0.2) is 47.3 Å². The Hall–Kier alpha value is -1.43.